The van der Waals surface area contributed by atoms with Crippen LogP contribution in [0.4, 0.5) is 0 Å². The zero-order valence-electron chi connectivity index (χ0n) is 12.4. The van der Waals surface area contributed by atoms with Crippen LogP contribution in [-0.4, -0.2) is 24.9 Å². The predicted octanol–water partition coefficient (Wildman–Crippen LogP) is 3.05. The van der Waals surface area contributed by atoms with Crippen molar-refractivity contribution in [1.29, 1.82) is 0 Å². The Morgan fingerprint density at radius 3 is 2.06 bits per heavy atom. The lowest BCUT2D eigenvalue weighted by Crippen LogP contribution is -2.31. The summed E-state index contributed by atoms with van der Waals surface area (Å²) in [5, 5.41) is 7.97. The molecule has 104 valence electrons. The van der Waals surface area contributed by atoms with Gasteiger partial charge in [-0.1, -0.05) is 20.8 Å². The van der Waals surface area contributed by atoms with Crippen molar-refractivity contribution in [2.24, 2.45) is 5.41 Å². The van der Waals surface area contributed by atoms with E-state index in [4.69, 9.17) is 4.42 Å². The Kier molecular flexibility index (Phi) is 4.36. The Bertz CT molecular complexity index is 427. The zero-order chi connectivity index (χ0) is 14.1. The van der Waals surface area contributed by atoms with Crippen LogP contribution in [0.25, 0.3) is 0 Å². The van der Waals surface area contributed by atoms with Gasteiger partial charge < -0.3 is 4.42 Å². The molecule has 0 saturated carbocycles. The van der Waals surface area contributed by atoms with E-state index in [1.165, 1.54) is 0 Å². The average Bonchev–Trinajstić information content (AvgIpc) is 2.57. The second-order valence-electron chi connectivity index (χ2n) is 6.70. The third-order valence-corrected chi connectivity index (χ3v) is 4.89. The fourth-order valence-corrected chi connectivity index (χ4v) is 2.99. The third-order valence-electron chi connectivity index (χ3n) is 2.89. The van der Waals surface area contributed by atoms with Crippen molar-refractivity contribution < 1.29 is 8.63 Å². The van der Waals surface area contributed by atoms with Crippen molar-refractivity contribution in [2.45, 2.75) is 59.1 Å². The molecule has 0 aliphatic rings. The van der Waals surface area contributed by atoms with Gasteiger partial charge in [0.25, 0.3) is 0 Å². The highest BCUT2D eigenvalue weighted by atomic mass is 32.2. The topological polar surface area (TPSA) is 56.0 Å². The summed E-state index contributed by atoms with van der Waals surface area (Å²) in [5.41, 5.74) is -0.0557. The number of hydrogen-bond acceptors (Lipinski definition) is 4. The van der Waals surface area contributed by atoms with E-state index in [2.05, 4.69) is 31.0 Å². The van der Waals surface area contributed by atoms with Gasteiger partial charge in [-0.25, -0.2) is 0 Å². The van der Waals surface area contributed by atoms with Gasteiger partial charge in [0.05, 0.1) is 5.92 Å². The van der Waals surface area contributed by atoms with Crippen LogP contribution < -0.4 is 0 Å². The third kappa shape index (κ3) is 3.90. The van der Waals surface area contributed by atoms with Crippen molar-refractivity contribution in [1.82, 2.24) is 10.2 Å². The van der Waals surface area contributed by atoms with Crippen molar-refractivity contribution in [3.05, 3.63) is 11.8 Å². The highest BCUT2D eigenvalue weighted by Gasteiger charge is 2.35. The van der Waals surface area contributed by atoms with Crippen LogP contribution >= 0.6 is 0 Å². The number of rotatable bonds is 3. The average molecular weight is 272 g/mol. The summed E-state index contributed by atoms with van der Waals surface area (Å²) in [6.45, 7) is 14.1. The second-order valence-corrected chi connectivity index (χ2v) is 8.95. The maximum atomic E-state index is 12.3. The molecule has 1 aromatic rings. The van der Waals surface area contributed by atoms with E-state index in [1.54, 1.807) is 6.92 Å². The SMILES string of the molecule is Cc1nnc(C(CS(=O)C(C)(C)C)C(C)(C)C)o1. The van der Waals surface area contributed by atoms with Crippen molar-refractivity contribution >= 4 is 10.8 Å². The fourth-order valence-electron chi connectivity index (χ4n) is 1.55. The summed E-state index contributed by atoms with van der Waals surface area (Å²) in [6, 6.07) is 0. The minimum absolute atomic E-state index is 0.0127. The summed E-state index contributed by atoms with van der Waals surface area (Å²) in [5.74, 6) is 1.71. The maximum Gasteiger partial charge on any atom is 0.221 e. The van der Waals surface area contributed by atoms with E-state index in [1.807, 2.05) is 20.8 Å². The summed E-state index contributed by atoms with van der Waals surface area (Å²) >= 11 is 0. The Labute approximate surface area is 112 Å². The first-order valence-electron chi connectivity index (χ1n) is 6.20. The number of nitrogens with zero attached hydrogens (tertiary/aromatic N) is 2. The molecule has 0 aromatic carbocycles. The summed E-state index contributed by atoms with van der Waals surface area (Å²) in [6.07, 6.45) is 0. The maximum absolute atomic E-state index is 12.3. The van der Waals surface area contributed by atoms with Gasteiger partial charge >= 0.3 is 0 Å². The van der Waals surface area contributed by atoms with Crippen LogP contribution in [0.2, 0.25) is 0 Å². The van der Waals surface area contributed by atoms with Crippen LogP contribution in [-0.2, 0) is 10.8 Å². The van der Waals surface area contributed by atoms with Crippen LogP contribution in [0.1, 0.15) is 59.2 Å². The molecule has 0 fully saturated rings. The molecule has 5 heteroatoms. The van der Waals surface area contributed by atoms with E-state index in [0.29, 0.717) is 17.5 Å². The Morgan fingerprint density at radius 2 is 1.72 bits per heavy atom. The highest BCUT2D eigenvalue weighted by molar-refractivity contribution is 7.86. The van der Waals surface area contributed by atoms with Crippen LogP contribution in [0.15, 0.2) is 4.42 Å². The molecule has 2 atom stereocenters. The molecule has 1 heterocycles. The summed E-state index contributed by atoms with van der Waals surface area (Å²) in [7, 11) is -0.933. The van der Waals surface area contributed by atoms with Crippen LogP contribution in [0, 0.1) is 12.3 Å². The monoisotopic (exact) mass is 272 g/mol. The molecule has 18 heavy (non-hydrogen) atoms. The molecule has 1 rings (SSSR count). The van der Waals surface area contributed by atoms with E-state index >= 15 is 0 Å². The fraction of sp³-hybridized carbons (Fsp3) is 0.846. The Hall–Kier alpha value is -0.710. The lowest BCUT2D eigenvalue weighted by molar-refractivity contribution is 0.287. The van der Waals surface area contributed by atoms with Gasteiger partial charge in [-0.2, -0.15) is 0 Å². The first-order valence-corrected chi connectivity index (χ1v) is 7.52. The Morgan fingerprint density at radius 1 is 1.17 bits per heavy atom. The lowest BCUT2D eigenvalue weighted by Gasteiger charge is -2.30. The molecular formula is C13H24N2O2S. The quantitative estimate of drug-likeness (QED) is 0.848. The molecule has 2 unspecified atom stereocenters. The standard InChI is InChI=1S/C13H24N2O2S/c1-9-14-15-11(17-9)10(12(2,3)4)8-18(16)13(5,6)7/h10H,8H2,1-7H3. The molecule has 1 aromatic heterocycles. The van der Waals surface area contributed by atoms with Gasteiger partial charge in [0.1, 0.15) is 0 Å². The predicted molar refractivity (Wildman–Crippen MR) is 74.0 cm³/mol. The molecule has 0 bridgehead atoms. The molecule has 0 radical (unpaired) electrons. The number of aryl methyl sites for hydroxylation is 1. The molecule has 0 N–H and O–H groups in total. The van der Waals surface area contributed by atoms with Gasteiger partial charge in [0.15, 0.2) is 0 Å². The smallest absolute Gasteiger partial charge is 0.221 e. The summed E-state index contributed by atoms with van der Waals surface area (Å²) < 4.78 is 17.6. The van der Waals surface area contributed by atoms with E-state index < -0.39 is 10.8 Å². The first kappa shape index (κ1) is 15.3. The van der Waals surface area contributed by atoms with Gasteiger partial charge in [0.2, 0.25) is 11.8 Å². The minimum Gasteiger partial charge on any atom is -0.425 e. The molecule has 0 aliphatic carbocycles. The Balaban J connectivity index is 2.98. The number of aromatic nitrogens is 2. The number of hydrogen-bond donors (Lipinski definition) is 0. The molecule has 0 aliphatic heterocycles. The van der Waals surface area contributed by atoms with E-state index in [-0.39, 0.29) is 16.1 Å². The lowest BCUT2D eigenvalue weighted by atomic mass is 9.82. The van der Waals surface area contributed by atoms with Crippen LogP contribution in [0.5, 0.6) is 0 Å². The zero-order valence-corrected chi connectivity index (χ0v) is 13.2. The molecule has 0 spiro atoms. The van der Waals surface area contributed by atoms with Gasteiger partial charge in [-0.3, -0.25) is 4.21 Å². The largest absolute Gasteiger partial charge is 0.425 e. The highest BCUT2D eigenvalue weighted by Crippen LogP contribution is 2.36. The first-order chi connectivity index (χ1) is 8.01. The van der Waals surface area contributed by atoms with Crippen molar-refractivity contribution in [2.75, 3.05) is 5.75 Å². The normalized spacial score (nSPS) is 16.6. The van der Waals surface area contributed by atoms with Gasteiger partial charge in [0, 0.05) is 28.2 Å². The minimum atomic E-state index is -0.933. The molecule has 4 nitrogen and oxygen atoms in total. The van der Waals surface area contributed by atoms with Crippen LogP contribution in [0.3, 0.4) is 0 Å². The van der Waals surface area contributed by atoms with E-state index in [0.717, 1.165) is 0 Å². The second kappa shape index (κ2) is 5.11. The van der Waals surface area contributed by atoms with Gasteiger partial charge in [-0.05, 0) is 26.2 Å². The van der Waals surface area contributed by atoms with E-state index in [9.17, 15) is 4.21 Å². The molecular weight excluding hydrogens is 248 g/mol. The van der Waals surface area contributed by atoms with Crippen molar-refractivity contribution in [3.63, 3.8) is 0 Å². The summed E-state index contributed by atoms with van der Waals surface area (Å²) in [4.78, 5) is 0. The molecule has 0 saturated heterocycles. The van der Waals surface area contributed by atoms with Gasteiger partial charge in [-0.15, -0.1) is 10.2 Å². The molecule has 0 amide bonds. The van der Waals surface area contributed by atoms with Crippen molar-refractivity contribution in [3.8, 4) is 0 Å².